The van der Waals surface area contributed by atoms with Crippen LogP contribution in [0.25, 0.3) is 11.1 Å². The van der Waals surface area contributed by atoms with E-state index in [0.29, 0.717) is 12.3 Å². The van der Waals surface area contributed by atoms with Gasteiger partial charge in [0, 0.05) is 12.3 Å². The van der Waals surface area contributed by atoms with E-state index in [1.165, 1.54) is 41.5 Å². The summed E-state index contributed by atoms with van der Waals surface area (Å²) in [5.41, 5.74) is 6.54. The average Bonchev–Trinajstić information content (AvgIpc) is 3.36. The van der Waals surface area contributed by atoms with Gasteiger partial charge in [-0.25, -0.2) is 0 Å². The summed E-state index contributed by atoms with van der Waals surface area (Å²) in [5, 5.41) is 12.7. The molecule has 2 aromatic rings. The number of carbonyl (C=O) groups excluding carboxylic acids is 1. The molecular weight excluding hydrogens is 344 g/mol. The van der Waals surface area contributed by atoms with E-state index in [0.717, 1.165) is 30.7 Å². The fourth-order valence-electron chi connectivity index (χ4n) is 5.72. The highest BCUT2D eigenvalue weighted by atomic mass is 16.2. The highest BCUT2D eigenvalue weighted by molar-refractivity contribution is 5.80. The van der Waals surface area contributed by atoms with Gasteiger partial charge >= 0.3 is 0 Å². The van der Waals surface area contributed by atoms with Gasteiger partial charge in [0.1, 0.15) is 6.04 Å². The molecule has 1 N–H and O–H groups in total. The van der Waals surface area contributed by atoms with E-state index in [-0.39, 0.29) is 11.8 Å². The zero-order valence-electron chi connectivity index (χ0n) is 16.2. The summed E-state index contributed by atoms with van der Waals surface area (Å²) in [5.74, 6) is 1.53. The first kappa shape index (κ1) is 17.5. The van der Waals surface area contributed by atoms with Gasteiger partial charge in [0.05, 0.1) is 6.07 Å². The molecule has 0 heterocycles. The van der Waals surface area contributed by atoms with Crippen molar-refractivity contribution >= 4 is 5.91 Å². The molecule has 5 rings (SSSR count). The van der Waals surface area contributed by atoms with Crippen molar-refractivity contribution in [3.05, 3.63) is 59.2 Å². The smallest absolute Gasteiger partial charge is 0.224 e. The fraction of sp³-hybridized carbons (Fsp3) is 0.440. The molecule has 3 aliphatic carbocycles. The van der Waals surface area contributed by atoms with E-state index in [9.17, 15) is 10.1 Å². The highest BCUT2D eigenvalue weighted by Gasteiger charge is 2.43. The minimum Gasteiger partial charge on any atom is -0.340 e. The Morgan fingerprint density at radius 2 is 1.89 bits per heavy atom. The largest absolute Gasteiger partial charge is 0.340 e. The summed E-state index contributed by atoms with van der Waals surface area (Å²) in [6.07, 6.45) is 7.39. The van der Waals surface area contributed by atoms with E-state index < -0.39 is 6.04 Å². The molecule has 3 aliphatic rings. The molecule has 2 bridgehead atoms. The van der Waals surface area contributed by atoms with Crippen LogP contribution in [0.2, 0.25) is 0 Å². The summed E-state index contributed by atoms with van der Waals surface area (Å²) in [7, 11) is 0. The van der Waals surface area contributed by atoms with Gasteiger partial charge in [-0.15, -0.1) is 0 Å². The molecule has 2 fully saturated rings. The average molecular weight is 370 g/mol. The Hall–Kier alpha value is -2.60. The van der Waals surface area contributed by atoms with Crippen LogP contribution in [0.15, 0.2) is 42.5 Å². The molecule has 2 aromatic carbocycles. The number of rotatable bonds is 4. The second-order valence-corrected chi connectivity index (χ2v) is 8.82. The molecule has 1 amide bonds. The van der Waals surface area contributed by atoms with Crippen molar-refractivity contribution in [1.82, 2.24) is 5.32 Å². The second kappa shape index (κ2) is 7.09. The Morgan fingerprint density at radius 1 is 1.07 bits per heavy atom. The molecule has 3 heteroatoms. The predicted molar refractivity (Wildman–Crippen MR) is 109 cm³/mol. The lowest BCUT2D eigenvalue weighted by molar-refractivity contribution is -0.126. The van der Waals surface area contributed by atoms with E-state index in [2.05, 4.69) is 53.9 Å². The maximum Gasteiger partial charge on any atom is 0.224 e. The zero-order chi connectivity index (χ0) is 19.1. The summed E-state index contributed by atoms with van der Waals surface area (Å²) in [4.78, 5) is 12.7. The van der Waals surface area contributed by atoms with Crippen LogP contribution >= 0.6 is 0 Å². The number of fused-ring (bicyclic) bond motifs is 5. The van der Waals surface area contributed by atoms with Gasteiger partial charge in [0.2, 0.25) is 5.91 Å². The number of nitriles is 1. The van der Waals surface area contributed by atoms with Crippen LogP contribution in [-0.2, 0) is 24.1 Å². The maximum absolute atomic E-state index is 12.7. The van der Waals surface area contributed by atoms with Crippen LogP contribution in [0, 0.1) is 29.1 Å². The normalized spacial score (nSPS) is 25.5. The molecular formula is C25H26N2O. The van der Waals surface area contributed by atoms with Crippen molar-refractivity contribution in [2.45, 2.75) is 51.0 Å². The molecule has 0 saturated heterocycles. The van der Waals surface area contributed by atoms with Gasteiger partial charge < -0.3 is 5.32 Å². The Balaban J connectivity index is 1.29. The van der Waals surface area contributed by atoms with Crippen LogP contribution in [0.3, 0.4) is 0 Å². The molecule has 28 heavy (non-hydrogen) atoms. The van der Waals surface area contributed by atoms with Crippen LogP contribution < -0.4 is 5.32 Å². The molecule has 1 unspecified atom stereocenters. The van der Waals surface area contributed by atoms with Crippen molar-refractivity contribution in [3.63, 3.8) is 0 Å². The van der Waals surface area contributed by atoms with Gasteiger partial charge in [-0.3, -0.25) is 4.79 Å². The molecule has 0 spiro atoms. The summed E-state index contributed by atoms with van der Waals surface area (Å²) in [6.45, 7) is 0. The van der Waals surface area contributed by atoms with Gasteiger partial charge in [0.15, 0.2) is 0 Å². The van der Waals surface area contributed by atoms with E-state index in [4.69, 9.17) is 0 Å². The number of hydrogen-bond donors (Lipinski definition) is 1. The molecule has 0 radical (unpaired) electrons. The minimum atomic E-state index is -0.444. The van der Waals surface area contributed by atoms with Crippen molar-refractivity contribution < 1.29 is 4.79 Å². The van der Waals surface area contributed by atoms with Crippen molar-refractivity contribution in [2.24, 2.45) is 17.8 Å². The molecule has 142 valence electrons. The first-order valence-corrected chi connectivity index (χ1v) is 10.6. The van der Waals surface area contributed by atoms with Crippen molar-refractivity contribution in [1.29, 1.82) is 5.26 Å². The van der Waals surface area contributed by atoms with E-state index in [1.807, 2.05) is 0 Å². The summed E-state index contributed by atoms with van der Waals surface area (Å²) < 4.78 is 0. The standard InChI is InChI=1S/C25H26N2O/c26-15-21(27-25(28)24-14-17-5-7-20(24)12-17)13-16-6-10-23-19(11-16)9-8-18-3-1-2-4-22(18)23/h1-4,6,10-11,17,20-21,24H,5,7-9,12-14H2,(H,27,28)/t17-,20+,21?,24+/m1/s1. The first-order valence-electron chi connectivity index (χ1n) is 10.6. The van der Waals surface area contributed by atoms with Gasteiger partial charge in [0.25, 0.3) is 0 Å². The Bertz CT molecular complexity index is 957. The number of aryl methyl sites for hydroxylation is 2. The SMILES string of the molecule is N#CC(Cc1ccc2c(c1)CCc1ccccc1-2)NC(=O)[C@H]1C[C@@H]2CC[C@H]1C2. The van der Waals surface area contributed by atoms with Crippen LogP contribution in [0.5, 0.6) is 0 Å². The van der Waals surface area contributed by atoms with Crippen molar-refractivity contribution in [3.8, 4) is 17.2 Å². The second-order valence-electron chi connectivity index (χ2n) is 8.82. The van der Waals surface area contributed by atoms with Gasteiger partial charge in [-0.05, 0) is 71.8 Å². The maximum atomic E-state index is 12.7. The third-order valence-electron chi connectivity index (χ3n) is 7.13. The van der Waals surface area contributed by atoms with Crippen LogP contribution in [0.1, 0.15) is 42.4 Å². The fourth-order valence-corrected chi connectivity index (χ4v) is 5.72. The predicted octanol–water partition coefficient (Wildman–Crippen LogP) is 4.44. The number of nitrogens with zero attached hydrogens (tertiary/aromatic N) is 1. The molecule has 0 aromatic heterocycles. The number of carbonyl (C=O) groups is 1. The molecule has 4 atom stereocenters. The lowest BCUT2D eigenvalue weighted by atomic mass is 9.84. The lowest BCUT2D eigenvalue weighted by Crippen LogP contribution is -2.41. The number of nitrogens with one attached hydrogen (secondary N) is 1. The monoisotopic (exact) mass is 370 g/mol. The number of benzene rings is 2. The zero-order valence-corrected chi connectivity index (χ0v) is 16.2. The molecule has 0 aliphatic heterocycles. The Morgan fingerprint density at radius 3 is 2.68 bits per heavy atom. The third-order valence-corrected chi connectivity index (χ3v) is 7.13. The quantitative estimate of drug-likeness (QED) is 0.865. The highest BCUT2D eigenvalue weighted by Crippen LogP contribution is 2.48. The van der Waals surface area contributed by atoms with Gasteiger partial charge in [-0.2, -0.15) is 5.26 Å². The first-order chi connectivity index (χ1) is 13.7. The van der Waals surface area contributed by atoms with Gasteiger partial charge in [-0.1, -0.05) is 48.9 Å². The third kappa shape index (κ3) is 3.11. The lowest BCUT2D eigenvalue weighted by Gasteiger charge is -2.23. The van der Waals surface area contributed by atoms with E-state index in [1.54, 1.807) is 0 Å². The molecule has 2 saturated carbocycles. The van der Waals surface area contributed by atoms with Crippen LogP contribution in [-0.4, -0.2) is 11.9 Å². The summed E-state index contributed by atoms with van der Waals surface area (Å²) >= 11 is 0. The number of amides is 1. The Labute approximate surface area is 166 Å². The Kier molecular flexibility index (Phi) is 4.43. The summed E-state index contributed by atoms with van der Waals surface area (Å²) in [6, 6.07) is 17.0. The van der Waals surface area contributed by atoms with Crippen LogP contribution in [0.4, 0.5) is 0 Å². The van der Waals surface area contributed by atoms with Crippen molar-refractivity contribution in [2.75, 3.05) is 0 Å². The minimum absolute atomic E-state index is 0.102. The molecule has 3 nitrogen and oxygen atoms in total. The van der Waals surface area contributed by atoms with E-state index >= 15 is 0 Å². The number of hydrogen-bond acceptors (Lipinski definition) is 2. The topological polar surface area (TPSA) is 52.9 Å².